The van der Waals surface area contributed by atoms with Crippen molar-refractivity contribution in [3.63, 3.8) is 0 Å². The van der Waals surface area contributed by atoms with Gasteiger partial charge in [0.2, 0.25) is 0 Å². The van der Waals surface area contributed by atoms with E-state index in [-0.39, 0.29) is 22.7 Å². The molecule has 2 unspecified atom stereocenters. The van der Waals surface area contributed by atoms with Crippen LogP contribution in [0.25, 0.3) is 10.9 Å². The van der Waals surface area contributed by atoms with E-state index in [0.29, 0.717) is 23.1 Å². The van der Waals surface area contributed by atoms with Gasteiger partial charge in [0.25, 0.3) is 5.91 Å². The van der Waals surface area contributed by atoms with Gasteiger partial charge in [0, 0.05) is 22.7 Å². The molecule has 158 valence electrons. The molecule has 0 amide bonds. The predicted octanol–water partition coefficient (Wildman–Crippen LogP) is 5.14. The molecular formula is C23H23F2NO4. The second-order valence-electron chi connectivity index (χ2n) is 7.35. The number of hydrogen-bond donors (Lipinski definition) is 1. The lowest BCUT2D eigenvalue weighted by atomic mass is 9.84. The van der Waals surface area contributed by atoms with Crippen molar-refractivity contribution in [3.8, 4) is 5.75 Å². The quantitative estimate of drug-likeness (QED) is 0.605. The highest BCUT2D eigenvalue weighted by molar-refractivity contribution is 6.05. The Morgan fingerprint density at radius 3 is 2.33 bits per heavy atom. The molecule has 0 aliphatic heterocycles. The number of carboxylic acid groups (broad SMARTS) is 1. The molecule has 0 saturated heterocycles. The minimum atomic E-state index is -1.02. The molecule has 2 atom stereocenters. The molecule has 0 aliphatic carbocycles. The zero-order valence-corrected chi connectivity index (χ0v) is 17.2. The number of nitrogens with zero attached hydrogens (tertiary/aromatic N) is 1. The van der Waals surface area contributed by atoms with Crippen LogP contribution in [0, 0.1) is 24.5 Å². The Morgan fingerprint density at radius 1 is 1.17 bits per heavy atom. The molecule has 2 aromatic carbocycles. The second-order valence-corrected chi connectivity index (χ2v) is 7.35. The summed E-state index contributed by atoms with van der Waals surface area (Å²) in [5, 5.41) is 10.4. The monoisotopic (exact) mass is 415 g/mol. The third-order valence-electron chi connectivity index (χ3n) is 5.61. The van der Waals surface area contributed by atoms with Gasteiger partial charge < -0.3 is 9.84 Å². The zero-order chi connectivity index (χ0) is 22.2. The van der Waals surface area contributed by atoms with Crippen LogP contribution in [-0.4, -0.2) is 28.7 Å². The molecule has 0 bridgehead atoms. The first kappa shape index (κ1) is 21.5. The standard InChI is InChI=1S/C23H23F2NO4/c1-5-12(2)20(23(28)29)21-13(3)26(22(27)14-6-8-15(24)9-7-14)18-11-17(25)19(30-4)10-16(18)21/h6-12,20H,5H2,1-4H3,(H,28,29). The van der Waals surface area contributed by atoms with Gasteiger partial charge in [0.1, 0.15) is 5.82 Å². The summed E-state index contributed by atoms with van der Waals surface area (Å²) in [4.78, 5) is 25.4. The smallest absolute Gasteiger partial charge is 0.311 e. The Morgan fingerprint density at radius 2 is 1.80 bits per heavy atom. The normalized spacial score (nSPS) is 13.3. The molecule has 1 heterocycles. The first-order chi connectivity index (χ1) is 14.2. The number of benzene rings is 2. The SMILES string of the molecule is CCC(C)C(C(=O)O)c1c(C)n(C(=O)c2ccc(F)cc2)c2cc(F)c(OC)cc12. The first-order valence-corrected chi connectivity index (χ1v) is 9.62. The van der Waals surface area contributed by atoms with Crippen LogP contribution in [-0.2, 0) is 4.79 Å². The molecule has 3 aromatic rings. The van der Waals surface area contributed by atoms with Crippen LogP contribution < -0.4 is 4.74 Å². The van der Waals surface area contributed by atoms with E-state index in [2.05, 4.69) is 0 Å². The largest absolute Gasteiger partial charge is 0.494 e. The van der Waals surface area contributed by atoms with Crippen LogP contribution in [0.4, 0.5) is 8.78 Å². The fourth-order valence-corrected chi connectivity index (χ4v) is 3.86. The van der Waals surface area contributed by atoms with E-state index in [0.717, 1.165) is 12.1 Å². The van der Waals surface area contributed by atoms with Crippen molar-refractivity contribution in [1.82, 2.24) is 4.57 Å². The fraction of sp³-hybridized carbons (Fsp3) is 0.304. The maximum atomic E-state index is 14.5. The second kappa shape index (κ2) is 8.26. The summed E-state index contributed by atoms with van der Waals surface area (Å²) in [6.45, 7) is 5.35. The summed E-state index contributed by atoms with van der Waals surface area (Å²) in [6.07, 6.45) is 0.604. The number of halogens is 2. The molecular weight excluding hydrogens is 392 g/mol. The molecule has 3 rings (SSSR count). The van der Waals surface area contributed by atoms with Gasteiger partial charge >= 0.3 is 5.97 Å². The summed E-state index contributed by atoms with van der Waals surface area (Å²) in [6, 6.07) is 7.61. The zero-order valence-electron chi connectivity index (χ0n) is 17.2. The average molecular weight is 415 g/mol. The number of carbonyl (C=O) groups excluding carboxylic acids is 1. The van der Waals surface area contributed by atoms with Gasteiger partial charge in [-0.05, 0) is 48.7 Å². The molecule has 30 heavy (non-hydrogen) atoms. The van der Waals surface area contributed by atoms with Crippen molar-refractivity contribution in [2.24, 2.45) is 5.92 Å². The lowest BCUT2D eigenvalue weighted by Gasteiger charge is -2.20. The van der Waals surface area contributed by atoms with Crippen LogP contribution >= 0.6 is 0 Å². The molecule has 1 aromatic heterocycles. The van der Waals surface area contributed by atoms with Crippen LogP contribution in [0.15, 0.2) is 36.4 Å². The number of ether oxygens (including phenoxy) is 1. The third kappa shape index (κ3) is 3.56. The Hall–Kier alpha value is -3.22. The van der Waals surface area contributed by atoms with Crippen LogP contribution in [0.2, 0.25) is 0 Å². The van der Waals surface area contributed by atoms with E-state index >= 15 is 0 Å². The minimum absolute atomic E-state index is 0.0385. The van der Waals surface area contributed by atoms with E-state index in [1.54, 1.807) is 6.92 Å². The average Bonchev–Trinajstić information content (AvgIpc) is 2.98. The molecule has 0 aliphatic rings. The van der Waals surface area contributed by atoms with Crippen molar-refractivity contribution in [2.45, 2.75) is 33.1 Å². The van der Waals surface area contributed by atoms with E-state index in [1.165, 1.54) is 35.9 Å². The van der Waals surface area contributed by atoms with Gasteiger partial charge in [-0.2, -0.15) is 0 Å². The van der Waals surface area contributed by atoms with Crippen molar-refractivity contribution >= 4 is 22.8 Å². The summed E-state index contributed by atoms with van der Waals surface area (Å²) in [5.74, 6) is -3.83. The molecule has 0 fully saturated rings. The van der Waals surface area contributed by atoms with Gasteiger partial charge in [-0.25, -0.2) is 8.78 Å². The summed E-state index contributed by atoms with van der Waals surface area (Å²) >= 11 is 0. The van der Waals surface area contributed by atoms with Crippen LogP contribution in [0.3, 0.4) is 0 Å². The highest BCUT2D eigenvalue weighted by Gasteiger charge is 2.33. The number of carbonyl (C=O) groups is 2. The highest BCUT2D eigenvalue weighted by atomic mass is 19.1. The van der Waals surface area contributed by atoms with Crippen LogP contribution in [0.5, 0.6) is 5.75 Å². The van der Waals surface area contributed by atoms with E-state index < -0.39 is 29.4 Å². The lowest BCUT2D eigenvalue weighted by Crippen LogP contribution is -2.21. The summed E-state index contributed by atoms with van der Waals surface area (Å²) in [7, 11) is 1.32. The van der Waals surface area contributed by atoms with E-state index in [4.69, 9.17) is 4.74 Å². The van der Waals surface area contributed by atoms with E-state index in [9.17, 15) is 23.5 Å². The maximum absolute atomic E-state index is 14.5. The number of aromatic nitrogens is 1. The molecule has 0 saturated carbocycles. The van der Waals surface area contributed by atoms with Crippen molar-refractivity contribution < 1.29 is 28.2 Å². The molecule has 0 spiro atoms. The molecule has 7 heteroatoms. The van der Waals surface area contributed by atoms with Crippen molar-refractivity contribution in [1.29, 1.82) is 0 Å². The Kier molecular flexibility index (Phi) is 5.92. The number of aliphatic carboxylic acids is 1. The molecule has 1 N–H and O–H groups in total. The number of carboxylic acids is 1. The number of rotatable bonds is 6. The topological polar surface area (TPSA) is 68.5 Å². The Labute approximate surface area is 172 Å². The Bertz CT molecular complexity index is 1120. The summed E-state index contributed by atoms with van der Waals surface area (Å²) < 4.78 is 34.2. The van der Waals surface area contributed by atoms with Gasteiger partial charge in [-0.1, -0.05) is 20.3 Å². The Balaban J connectivity index is 2.36. The number of methoxy groups -OCH3 is 1. The first-order valence-electron chi connectivity index (χ1n) is 9.62. The lowest BCUT2D eigenvalue weighted by molar-refractivity contribution is -0.140. The molecule has 0 radical (unpaired) electrons. The third-order valence-corrected chi connectivity index (χ3v) is 5.61. The predicted molar refractivity (Wildman–Crippen MR) is 109 cm³/mol. The number of fused-ring (bicyclic) bond motifs is 1. The van der Waals surface area contributed by atoms with E-state index in [1.807, 2.05) is 13.8 Å². The van der Waals surface area contributed by atoms with Gasteiger partial charge in [-0.15, -0.1) is 0 Å². The minimum Gasteiger partial charge on any atom is -0.494 e. The number of hydrogen-bond acceptors (Lipinski definition) is 3. The molecule has 5 nitrogen and oxygen atoms in total. The summed E-state index contributed by atoms with van der Waals surface area (Å²) in [5.41, 5.74) is 1.29. The van der Waals surface area contributed by atoms with Gasteiger partial charge in [0.05, 0.1) is 18.5 Å². The van der Waals surface area contributed by atoms with Gasteiger partial charge in [-0.3, -0.25) is 14.2 Å². The highest BCUT2D eigenvalue weighted by Crippen LogP contribution is 2.39. The fourth-order valence-electron chi connectivity index (χ4n) is 3.86. The van der Waals surface area contributed by atoms with Crippen molar-refractivity contribution in [2.75, 3.05) is 7.11 Å². The van der Waals surface area contributed by atoms with Gasteiger partial charge in [0.15, 0.2) is 11.6 Å². The van der Waals surface area contributed by atoms with Crippen LogP contribution in [0.1, 0.15) is 47.8 Å². The maximum Gasteiger partial charge on any atom is 0.311 e. The van der Waals surface area contributed by atoms with Crippen molar-refractivity contribution in [3.05, 3.63) is 64.9 Å².